The van der Waals surface area contributed by atoms with Gasteiger partial charge in [0.2, 0.25) is 5.91 Å². The van der Waals surface area contributed by atoms with Crippen molar-refractivity contribution in [3.05, 3.63) is 54.0 Å². The van der Waals surface area contributed by atoms with Gasteiger partial charge in [-0.15, -0.1) is 0 Å². The van der Waals surface area contributed by atoms with Gasteiger partial charge in [-0.05, 0) is 49.2 Å². The van der Waals surface area contributed by atoms with Crippen LogP contribution in [0.25, 0.3) is 0 Å². The fourth-order valence-corrected chi connectivity index (χ4v) is 3.89. The highest BCUT2D eigenvalue weighted by Gasteiger charge is 2.34. The number of ether oxygens (including phenoxy) is 2. The summed E-state index contributed by atoms with van der Waals surface area (Å²) in [6.07, 6.45) is 1.44. The maximum Gasteiger partial charge on any atom is 0.248 e. The van der Waals surface area contributed by atoms with Crippen LogP contribution in [0.5, 0.6) is 5.75 Å². The molecule has 1 aromatic heterocycles. The zero-order valence-electron chi connectivity index (χ0n) is 16.5. The van der Waals surface area contributed by atoms with Crippen LogP contribution in [0.1, 0.15) is 18.5 Å². The first-order chi connectivity index (χ1) is 14.6. The maximum atomic E-state index is 13.0. The van der Waals surface area contributed by atoms with E-state index in [4.69, 9.17) is 14.7 Å². The molecule has 2 aromatic rings. The van der Waals surface area contributed by atoms with Crippen LogP contribution < -0.4 is 9.64 Å². The molecule has 7 nitrogen and oxygen atoms in total. The van der Waals surface area contributed by atoms with Crippen molar-refractivity contribution in [1.29, 1.82) is 5.26 Å². The number of carbonyl (C=O) groups is 1. The van der Waals surface area contributed by atoms with Crippen LogP contribution in [0.15, 0.2) is 42.5 Å². The first-order valence-electron chi connectivity index (χ1n) is 10.0. The molecule has 0 bridgehead atoms. The Balaban J connectivity index is 1.31. The van der Waals surface area contributed by atoms with E-state index in [0.29, 0.717) is 24.6 Å². The van der Waals surface area contributed by atoms with Crippen LogP contribution in [-0.4, -0.2) is 60.8 Å². The molecule has 1 amide bonds. The van der Waals surface area contributed by atoms with Crippen LogP contribution in [-0.2, 0) is 9.53 Å². The lowest BCUT2D eigenvalue weighted by molar-refractivity contribution is -0.154. The van der Waals surface area contributed by atoms with Crippen LogP contribution in [0.4, 0.5) is 10.2 Å². The Kier molecular flexibility index (Phi) is 6.10. The van der Waals surface area contributed by atoms with Crippen molar-refractivity contribution in [3.8, 4) is 11.8 Å². The minimum atomic E-state index is -0.311. The molecule has 0 aliphatic carbocycles. The molecule has 8 heteroatoms. The highest BCUT2D eigenvalue weighted by molar-refractivity contribution is 5.78. The molecule has 0 N–H and O–H groups in total. The molecule has 1 aromatic carbocycles. The van der Waals surface area contributed by atoms with E-state index in [0.717, 1.165) is 31.7 Å². The van der Waals surface area contributed by atoms with Crippen LogP contribution >= 0.6 is 0 Å². The molecule has 0 radical (unpaired) electrons. The number of nitriles is 1. The standard InChI is InChI=1S/C22H23FN4O3/c23-16-4-6-19(7-5-16)29-14-20-13-27(22(28)15-30-20)18-8-10-26(11-9-18)21-3-1-2-17(12-24)25-21/h1-7,18,20H,8-11,13-15H2. The van der Waals surface area contributed by atoms with Gasteiger partial charge in [0, 0.05) is 19.1 Å². The number of morpholine rings is 1. The van der Waals surface area contributed by atoms with Gasteiger partial charge in [0.25, 0.3) is 0 Å². The van der Waals surface area contributed by atoms with Gasteiger partial charge in [-0.1, -0.05) is 6.07 Å². The second-order valence-corrected chi connectivity index (χ2v) is 7.46. The van der Waals surface area contributed by atoms with Gasteiger partial charge >= 0.3 is 0 Å². The molecule has 4 rings (SSSR count). The summed E-state index contributed by atoms with van der Waals surface area (Å²) < 4.78 is 24.3. The lowest BCUT2D eigenvalue weighted by Crippen LogP contribution is -2.55. The fraction of sp³-hybridized carbons (Fsp3) is 0.409. The van der Waals surface area contributed by atoms with Crippen molar-refractivity contribution in [1.82, 2.24) is 9.88 Å². The number of hydrogen-bond donors (Lipinski definition) is 0. The minimum Gasteiger partial charge on any atom is -0.491 e. The highest BCUT2D eigenvalue weighted by Crippen LogP contribution is 2.24. The summed E-state index contributed by atoms with van der Waals surface area (Å²) in [5.74, 6) is 1.06. The Bertz CT molecular complexity index is 923. The number of pyridine rings is 1. The zero-order chi connectivity index (χ0) is 20.9. The average molecular weight is 410 g/mol. The monoisotopic (exact) mass is 410 g/mol. The number of hydrogen-bond acceptors (Lipinski definition) is 6. The van der Waals surface area contributed by atoms with Gasteiger partial charge < -0.3 is 19.3 Å². The van der Waals surface area contributed by atoms with Crippen molar-refractivity contribution >= 4 is 11.7 Å². The smallest absolute Gasteiger partial charge is 0.248 e. The molecule has 2 aliphatic heterocycles. The molecule has 3 heterocycles. The Labute approximate surface area is 174 Å². The van der Waals surface area contributed by atoms with Crippen molar-refractivity contribution in [2.75, 3.05) is 37.7 Å². The molecule has 2 fully saturated rings. The van der Waals surface area contributed by atoms with Gasteiger partial charge in [0.1, 0.15) is 48.5 Å². The average Bonchev–Trinajstić information content (AvgIpc) is 2.80. The molecule has 2 aliphatic rings. The fourth-order valence-electron chi connectivity index (χ4n) is 3.89. The number of aromatic nitrogens is 1. The van der Waals surface area contributed by atoms with E-state index < -0.39 is 0 Å². The van der Waals surface area contributed by atoms with E-state index in [1.54, 1.807) is 18.2 Å². The summed E-state index contributed by atoms with van der Waals surface area (Å²) in [4.78, 5) is 20.9. The van der Waals surface area contributed by atoms with Crippen LogP contribution in [0.3, 0.4) is 0 Å². The molecule has 0 spiro atoms. The van der Waals surface area contributed by atoms with E-state index >= 15 is 0 Å². The summed E-state index contributed by atoms with van der Waals surface area (Å²) in [5, 5.41) is 9.04. The van der Waals surface area contributed by atoms with Gasteiger partial charge in [-0.25, -0.2) is 9.37 Å². The van der Waals surface area contributed by atoms with E-state index in [1.165, 1.54) is 12.1 Å². The molecule has 1 atom stereocenters. The number of benzene rings is 1. The molecule has 30 heavy (non-hydrogen) atoms. The van der Waals surface area contributed by atoms with E-state index in [-0.39, 0.29) is 30.5 Å². The lowest BCUT2D eigenvalue weighted by Gasteiger charge is -2.42. The molecule has 1 unspecified atom stereocenters. The summed E-state index contributed by atoms with van der Waals surface area (Å²) in [6, 6.07) is 13.5. The quantitative estimate of drug-likeness (QED) is 0.753. The van der Waals surface area contributed by atoms with E-state index in [1.807, 2.05) is 17.0 Å². The minimum absolute atomic E-state index is 0.00362. The van der Waals surface area contributed by atoms with Crippen molar-refractivity contribution in [2.24, 2.45) is 0 Å². The predicted molar refractivity (Wildman–Crippen MR) is 108 cm³/mol. The van der Waals surface area contributed by atoms with Gasteiger partial charge in [0.05, 0.1) is 6.54 Å². The molecular weight excluding hydrogens is 387 g/mol. The van der Waals surface area contributed by atoms with Crippen molar-refractivity contribution in [2.45, 2.75) is 25.0 Å². The number of halogens is 1. The third-order valence-electron chi connectivity index (χ3n) is 5.49. The first kappa shape index (κ1) is 20.1. The van der Waals surface area contributed by atoms with Crippen LogP contribution in [0.2, 0.25) is 0 Å². The predicted octanol–water partition coefficient (Wildman–Crippen LogP) is 2.37. The molecule has 156 valence electrons. The van der Waals surface area contributed by atoms with Crippen LogP contribution in [0, 0.1) is 17.1 Å². The molecule has 0 saturated carbocycles. The lowest BCUT2D eigenvalue weighted by atomic mass is 10.0. The molecule has 2 saturated heterocycles. The summed E-state index contributed by atoms with van der Waals surface area (Å²) in [5.41, 5.74) is 0.405. The maximum absolute atomic E-state index is 13.0. The highest BCUT2D eigenvalue weighted by atomic mass is 19.1. The van der Waals surface area contributed by atoms with Gasteiger partial charge in [-0.3, -0.25) is 4.79 Å². The Hall–Kier alpha value is -3.18. The molecular formula is C22H23FN4O3. The number of anilines is 1. The Morgan fingerprint density at radius 3 is 2.70 bits per heavy atom. The first-order valence-corrected chi connectivity index (χ1v) is 10.0. The third-order valence-corrected chi connectivity index (χ3v) is 5.49. The zero-order valence-corrected chi connectivity index (χ0v) is 16.5. The van der Waals surface area contributed by atoms with Crippen molar-refractivity contribution in [3.63, 3.8) is 0 Å². The number of rotatable bonds is 5. The normalized spacial score (nSPS) is 20.1. The number of nitrogens with zero attached hydrogens (tertiary/aromatic N) is 4. The van der Waals surface area contributed by atoms with Gasteiger partial charge in [0.15, 0.2) is 0 Å². The van der Waals surface area contributed by atoms with Crippen molar-refractivity contribution < 1.29 is 18.7 Å². The topological polar surface area (TPSA) is 78.7 Å². The largest absolute Gasteiger partial charge is 0.491 e. The Morgan fingerprint density at radius 1 is 1.20 bits per heavy atom. The number of amides is 1. The Morgan fingerprint density at radius 2 is 1.97 bits per heavy atom. The SMILES string of the molecule is N#Cc1cccc(N2CCC(N3CC(COc4ccc(F)cc4)OCC3=O)CC2)n1. The summed E-state index contributed by atoms with van der Waals surface area (Å²) >= 11 is 0. The number of piperidine rings is 1. The second kappa shape index (κ2) is 9.09. The van der Waals surface area contributed by atoms with E-state index in [9.17, 15) is 9.18 Å². The summed E-state index contributed by atoms with van der Waals surface area (Å²) in [6.45, 7) is 2.37. The second-order valence-electron chi connectivity index (χ2n) is 7.46. The van der Waals surface area contributed by atoms with E-state index in [2.05, 4.69) is 16.0 Å². The third kappa shape index (κ3) is 4.69. The number of carbonyl (C=O) groups excluding carboxylic acids is 1. The summed E-state index contributed by atoms with van der Waals surface area (Å²) in [7, 11) is 0. The van der Waals surface area contributed by atoms with Gasteiger partial charge in [-0.2, -0.15) is 5.26 Å².